The van der Waals surface area contributed by atoms with Crippen LogP contribution >= 0.6 is 0 Å². The van der Waals surface area contributed by atoms with E-state index in [0.717, 1.165) is 6.42 Å². The van der Waals surface area contributed by atoms with Crippen LogP contribution in [0.15, 0.2) is 0 Å². The summed E-state index contributed by atoms with van der Waals surface area (Å²) in [5, 5.41) is 24.2. The third-order valence-electron chi connectivity index (χ3n) is 10.7. The highest BCUT2D eigenvalue weighted by atomic mass is 16.5. The van der Waals surface area contributed by atoms with E-state index in [4.69, 9.17) is 14.2 Å². The van der Waals surface area contributed by atoms with Crippen LogP contribution in [0.4, 0.5) is 0 Å². The van der Waals surface area contributed by atoms with Gasteiger partial charge < -0.3 is 29.3 Å². The van der Waals surface area contributed by atoms with Gasteiger partial charge in [-0.3, -0.25) is 4.79 Å². The second kappa shape index (κ2) is 5.98. The van der Waals surface area contributed by atoms with Gasteiger partial charge in [0.05, 0.1) is 23.9 Å². The molecule has 7 bridgehead atoms. The molecule has 7 nitrogen and oxygen atoms in total. The van der Waals surface area contributed by atoms with E-state index in [0.29, 0.717) is 32.2 Å². The minimum Gasteiger partial charge on any atom is -0.389 e. The minimum absolute atomic E-state index is 0.00272. The number of amides is 1. The molecule has 6 unspecified atom stereocenters. The lowest BCUT2D eigenvalue weighted by molar-refractivity contribution is -0.275. The van der Waals surface area contributed by atoms with Gasteiger partial charge in [0.15, 0.2) is 0 Å². The molecule has 5 saturated carbocycles. The van der Waals surface area contributed by atoms with Gasteiger partial charge >= 0.3 is 0 Å². The predicted molar refractivity (Wildman–Crippen MR) is 106 cm³/mol. The van der Waals surface area contributed by atoms with Crippen LogP contribution in [0.5, 0.6) is 0 Å². The molecule has 0 aromatic rings. The lowest BCUT2D eigenvalue weighted by Crippen LogP contribution is -2.79. The van der Waals surface area contributed by atoms with Crippen LogP contribution in [0, 0.1) is 35.0 Å². The summed E-state index contributed by atoms with van der Waals surface area (Å²) >= 11 is 0. The number of aliphatic hydroxyl groups is 2. The van der Waals surface area contributed by atoms with E-state index in [1.807, 2.05) is 11.8 Å². The van der Waals surface area contributed by atoms with Gasteiger partial charge in [-0.1, -0.05) is 0 Å². The Labute approximate surface area is 178 Å². The smallest absolute Gasteiger partial charge is 0.255 e. The fourth-order valence-corrected chi connectivity index (χ4v) is 10.1. The zero-order chi connectivity index (χ0) is 21.2. The summed E-state index contributed by atoms with van der Waals surface area (Å²) in [6.07, 6.45) is 3.15. The van der Waals surface area contributed by atoms with Crippen LogP contribution in [0.1, 0.15) is 39.0 Å². The largest absolute Gasteiger partial charge is 0.389 e. The van der Waals surface area contributed by atoms with Crippen LogP contribution < -0.4 is 0 Å². The molecule has 5 aliphatic carbocycles. The molecule has 6 rings (SSSR count). The fraction of sp³-hybridized carbons (Fsp3) is 0.957. The fourth-order valence-electron chi connectivity index (χ4n) is 10.1. The number of hydrogen-bond donors (Lipinski definition) is 2. The Morgan fingerprint density at radius 1 is 1.10 bits per heavy atom. The van der Waals surface area contributed by atoms with E-state index in [2.05, 4.69) is 0 Å². The second-order valence-corrected chi connectivity index (χ2v) is 10.8. The first kappa shape index (κ1) is 19.9. The Morgan fingerprint density at radius 3 is 2.50 bits per heavy atom. The maximum absolute atomic E-state index is 13.5. The highest BCUT2D eigenvalue weighted by Gasteiger charge is 2.85. The van der Waals surface area contributed by atoms with E-state index in [-0.39, 0.29) is 65.3 Å². The van der Waals surface area contributed by atoms with Crippen molar-refractivity contribution in [3.05, 3.63) is 0 Å². The van der Waals surface area contributed by atoms with E-state index < -0.39 is 11.2 Å². The van der Waals surface area contributed by atoms with Crippen LogP contribution in [-0.4, -0.2) is 84.5 Å². The molecule has 12 atom stereocenters. The quantitative estimate of drug-likeness (QED) is 0.699. The summed E-state index contributed by atoms with van der Waals surface area (Å²) in [6.45, 7) is 2.54. The Balaban J connectivity index is 1.61. The van der Waals surface area contributed by atoms with Crippen molar-refractivity contribution in [3.63, 3.8) is 0 Å². The summed E-state index contributed by atoms with van der Waals surface area (Å²) in [4.78, 5) is 15.4. The lowest BCUT2D eigenvalue weighted by atomic mass is 9.45. The molecular weight excluding hydrogens is 386 g/mol. The number of fused-ring (bicyclic) bond motifs is 2. The van der Waals surface area contributed by atoms with Crippen molar-refractivity contribution in [1.82, 2.24) is 4.90 Å². The third-order valence-corrected chi connectivity index (χ3v) is 10.7. The van der Waals surface area contributed by atoms with Gasteiger partial charge in [-0.25, -0.2) is 0 Å². The molecule has 2 N–H and O–H groups in total. The Morgan fingerprint density at radius 2 is 1.87 bits per heavy atom. The van der Waals surface area contributed by atoms with Crippen molar-refractivity contribution in [2.75, 3.05) is 27.9 Å². The number of carbonyl (C=O) groups excluding carboxylic acids is 1. The average molecular weight is 422 g/mol. The lowest BCUT2D eigenvalue weighted by Gasteiger charge is -2.67. The summed E-state index contributed by atoms with van der Waals surface area (Å²) in [7, 11) is 5.26. The molecule has 6 fully saturated rings. The number of piperidine rings is 1. The van der Waals surface area contributed by atoms with Crippen LogP contribution in [0.25, 0.3) is 0 Å². The molecule has 6 aliphatic rings. The molecule has 30 heavy (non-hydrogen) atoms. The first-order valence-corrected chi connectivity index (χ1v) is 11.7. The zero-order valence-electron chi connectivity index (χ0n) is 18.4. The molecule has 1 aliphatic heterocycles. The first-order valence-electron chi connectivity index (χ1n) is 11.7. The number of methoxy groups -OCH3 is 3. The molecule has 0 radical (unpaired) electrons. The number of carbonyl (C=O) groups is 1. The zero-order valence-corrected chi connectivity index (χ0v) is 18.4. The monoisotopic (exact) mass is 421 g/mol. The van der Waals surface area contributed by atoms with Crippen LogP contribution in [0.2, 0.25) is 0 Å². The molecule has 1 spiro atoms. The minimum atomic E-state index is -1.34. The van der Waals surface area contributed by atoms with Gasteiger partial charge in [0.25, 0.3) is 5.91 Å². The Kier molecular flexibility index (Phi) is 3.97. The maximum Gasteiger partial charge on any atom is 0.255 e. The number of likely N-dealkylation sites (N-methyl/N-ethyl adjacent to an activating group) is 1. The molecule has 1 amide bonds. The SMILES string of the molecule is CCN1C(=O)C2(O)CC[C@@H](OC)C34C2C[C@@H]([C@H]13)C1(O)C[C@@H](OC)[C@@H]2C[C@@H]4C1C2OC. The maximum atomic E-state index is 13.5. The highest BCUT2D eigenvalue weighted by molar-refractivity contribution is 5.88. The molecule has 1 saturated heterocycles. The number of likely N-dealkylation sites (tertiary alicyclic amines) is 1. The highest BCUT2D eigenvalue weighted by Crippen LogP contribution is 2.78. The number of nitrogens with zero attached hydrogens (tertiary/aromatic N) is 1. The number of rotatable bonds is 4. The Hall–Kier alpha value is -0.730. The first-order chi connectivity index (χ1) is 14.3. The van der Waals surface area contributed by atoms with E-state index in [9.17, 15) is 15.0 Å². The van der Waals surface area contributed by atoms with Gasteiger partial charge in [0.2, 0.25) is 0 Å². The number of ether oxygens (including phenoxy) is 3. The molecule has 0 aromatic carbocycles. The van der Waals surface area contributed by atoms with Crippen LogP contribution in [-0.2, 0) is 19.0 Å². The molecule has 1 heterocycles. The van der Waals surface area contributed by atoms with E-state index >= 15 is 0 Å². The van der Waals surface area contributed by atoms with Crippen molar-refractivity contribution in [2.24, 2.45) is 35.0 Å². The van der Waals surface area contributed by atoms with Gasteiger partial charge in [-0.15, -0.1) is 0 Å². The topological polar surface area (TPSA) is 88.5 Å². The van der Waals surface area contributed by atoms with Crippen molar-refractivity contribution < 1.29 is 29.2 Å². The van der Waals surface area contributed by atoms with Crippen molar-refractivity contribution in [1.29, 1.82) is 0 Å². The Bertz CT molecular complexity index is 777. The van der Waals surface area contributed by atoms with Crippen molar-refractivity contribution >= 4 is 5.91 Å². The van der Waals surface area contributed by atoms with E-state index in [1.165, 1.54) is 0 Å². The van der Waals surface area contributed by atoms with Crippen LogP contribution in [0.3, 0.4) is 0 Å². The summed E-state index contributed by atoms with van der Waals surface area (Å²) < 4.78 is 18.1. The molecule has 7 heteroatoms. The van der Waals surface area contributed by atoms with Crippen molar-refractivity contribution in [3.8, 4) is 0 Å². The predicted octanol–water partition coefficient (Wildman–Crippen LogP) is 0.810. The van der Waals surface area contributed by atoms with Gasteiger partial charge in [-0.05, 0) is 38.5 Å². The van der Waals surface area contributed by atoms with Gasteiger partial charge in [0.1, 0.15) is 5.60 Å². The molecule has 0 aromatic heterocycles. The standard InChI is InChI=1S/C23H35NO6/c1-5-24-19-13-9-15-21(26,20(24)25)7-6-16(29-3)23(15,19)12-8-11-14(28-2)10-22(13,27)17(12)18(11)30-4/h11-19,26-27H,5-10H2,1-4H3/t11-,12+,13-,14+,15?,16+,17?,18?,19-,21?,22?,23?/m0/s1. The summed E-state index contributed by atoms with van der Waals surface area (Å²) in [5.74, 6) is -0.0168. The van der Waals surface area contributed by atoms with E-state index in [1.54, 1.807) is 21.3 Å². The number of hydrogen-bond acceptors (Lipinski definition) is 6. The normalized spacial score (nSPS) is 60.3. The third kappa shape index (κ3) is 1.80. The molecular formula is C23H35NO6. The summed E-state index contributed by atoms with van der Waals surface area (Å²) in [5.41, 5.74) is -2.63. The average Bonchev–Trinajstić information content (AvgIpc) is 3.22. The molecule has 168 valence electrons. The van der Waals surface area contributed by atoms with Crippen molar-refractivity contribution in [2.45, 2.75) is 74.6 Å². The van der Waals surface area contributed by atoms with Gasteiger partial charge in [-0.2, -0.15) is 0 Å². The van der Waals surface area contributed by atoms with Gasteiger partial charge in [0, 0.05) is 69.4 Å². The second-order valence-electron chi connectivity index (χ2n) is 10.8. The summed E-state index contributed by atoms with van der Waals surface area (Å²) in [6, 6.07) is -0.0939.